The molecule has 0 bridgehead atoms. The van der Waals surface area contributed by atoms with Gasteiger partial charge in [-0.3, -0.25) is 0 Å². The van der Waals surface area contributed by atoms with E-state index in [1.165, 1.54) is 16.8 Å². The molecule has 2 rings (SSSR count). The van der Waals surface area contributed by atoms with Crippen molar-refractivity contribution < 1.29 is 0 Å². The van der Waals surface area contributed by atoms with Crippen molar-refractivity contribution in [3.8, 4) is 5.82 Å². The second-order valence-corrected chi connectivity index (χ2v) is 5.44. The molecule has 2 aromatic heterocycles. The van der Waals surface area contributed by atoms with Crippen LogP contribution in [0.3, 0.4) is 0 Å². The van der Waals surface area contributed by atoms with Crippen molar-refractivity contribution in [1.82, 2.24) is 20.1 Å². The van der Waals surface area contributed by atoms with Crippen molar-refractivity contribution in [3.63, 3.8) is 0 Å². The summed E-state index contributed by atoms with van der Waals surface area (Å²) in [4.78, 5) is 4.54. The van der Waals surface area contributed by atoms with Gasteiger partial charge in [0.25, 0.3) is 0 Å². The second-order valence-electron chi connectivity index (χ2n) is 5.44. The molecular weight excluding hydrogens is 248 g/mol. The molecule has 2 aromatic rings. The van der Waals surface area contributed by atoms with Crippen LogP contribution in [0.4, 0.5) is 0 Å². The fourth-order valence-corrected chi connectivity index (χ4v) is 2.47. The summed E-state index contributed by atoms with van der Waals surface area (Å²) in [5.74, 6) is 0.931. The number of hydrogen-bond acceptors (Lipinski definition) is 3. The van der Waals surface area contributed by atoms with E-state index in [-0.39, 0.29) is 0 Å². The van der Waals surface area contributed by atoms with E-state index in [2.05, 4.69) is 56.1 Å². The highest BCUT2D eigenvalue weighted by molar-refractivity contribution is 5.38. The van der Waals surface area contributed by atoms with Gasteiger partial charge in [0.15, 0.2) is 5.82 Å². The Hall–Kier alpha value is -1.68. The van der Waals surface area contributed by atoms with E-state index in [1.807, 2.05) is 16.9 Å². The Bertz CT molecular complexity index is 584. The maximum atomic E-state index is 4.67. The van der Waals surface area contributed by atoms with Crippen LogP contribution in [0, 0.1) is 13.8 Å². The summed E-state index contributed by atoms with van der Waals surface area (Å²) in [5.41, 5.74) is 4.78. The van der Waals surface area contributed by atoms with Crippen LogP contribution < -0.4 is 5.32 Å². The number of rotatable bonds is 5. The van der Waals surface area contributed by atoms with Gasteiger partial charge in [-0.25, -0.2) is 9.67 Å². The molecular formula is C16H24N4. The smallest absolute Gasteiger partial charge is 0.158 e. The highest BCUT2D eigenvalue weighted by Gasteiger charge is 2.14. The van der Waals surface area contributed by atoms with Gasteiger partial charge in [-0.2, -0.15) is 5.10 Å². The molecule has 0 saturated carbocycles. The summed E-state index contributed by atoms with van der Waals surface area (Å²) in [6.45, 7) is 11.5. The normalized spacial score (nSPS) is 11.3. The summed E-state index contributed by atoms with van der Waals surface area (Å²) in [6.07, 6.45) is 2.83. The standard InChI is InChI=1S/C16H24N4/c1-6-15-12(4)19-20(13(15)5)16-14(8-7-9-17-16)10-18-11(2)3/h7-9,11,18H,6,10H2,1-5H3. The lowest BCUT2D eigenvalue weighted by atomic mass is 10.1. The summed E-state index contributed by atoms with van der Waals surface area (Å²) < 4.78 is 1.98. The first kappa shape index (κ1) is 14.7. The van der Waals surface area contributed by atoms with Crippen LogP contribution in [0.2, 0.25) is 0 Å². The zero-order chi connectivity index (χ0) is 14.7. The van der Waals surface area contributed by atoms with E-state index in [0.29, 0.717) is 6.04 Å². The molecule has 0 aromatic carbocycles. The van der Waals surface area contributed by atoms with E-state index in [9.17, 15) is 0 Å². The molecule has 0 saturated heterocycles. The molecule has 4 heteroatoms. The van der Waals surface area contributed by atoms with Crippen molar-refractivity contribution in [3.05, 3.63) is 40.8 Å². The van der Waals surface area contributed by atoms with Crippen LogP contribution in [0.5, 0.6) is 0 Å². The van der Waals surface area contributed by atoms with Crippen molar-refractivity contribution in [2.45, 2.75) is 53.6 Å². The number of pyridine rings is 1. The Morgan fingerprint density at radius 3 is 2.65 bits per heavy atom. The summed E-state index contributed by atoms with van der Waals surface area (Å²) >= 11 is 0. The number of nitrogens with one attached hydrogen (secondary N) is 1. The van der Waals surface area contributed by atoms with Gasteiger partial charge >= 0.3 is 0 Å². The third-order valence-corrected chi connectivity index (χ3v) is 3.56. The minimum atomic E-state index is 0.453. The average Bonchev–Trinajstić information content (AvgIpc) is 2.71. The van der Waals surface area contributed by atoms with Gasteiger partial charge in [0.05, 0.1) is 5.69 Å². The van der Waals surface area contributed by atoms with Crippen molar-refractivity contribution in [1.29, 1.82) is 0 Å². The summed E-state index contributed by atoms with van der Waals surface area (Å²) in [7, 11) is 0. The van der Waals surface area contributed by atoms with E-state index < -0.39 is 0 Å². The van der Waals surface area contributed by atoms with E-state index in [4.69, 9.17) is 0 Å². The highest BCUT2D eigenvalue weighted by atomic mass is 15.3. The van der Waals surface area contributed by atoms with Gasteiger partial charge in [0.2, 0.25) is 0 Å². The van der Waals surface area contributed by atoms with E-state index >= 15 is 0 Å². The first-order chi connectivity index (χ1) is 9.54. The highest BCUT2D eigenvalue weighted by Crippen LogP contribution is 2.19. The number of aryl methyl sites for hydroxylation is 1. The van der Waals surface area contributed by atoms with E-state index in [0.717, 1.165) is 24.5 Å². The predicted octanol–water partition coefficient (Wildman–Crippen LogP) is 2.94. The molecule has 0 aliphatic rings. The molecule has 2 heterocycles. The van der Waals surface area contributed by atoms with Gasteiger partial charge in [0.1, 0.15) is 0 Å². The Balaban J connectivity index is 2.42. The van der Waals surface area contributed by atoms with Gasteiger partial charge in [0, 0.05) is 30.0 Å². The lowest BCUT2D eigenvalue weighted by Crippen LogP contribution is -2.23. The molecule has 0 radical (unpaired) electrons. The average molecular weight is 272 g/mol. The minimum Gasteiger partial charge on any atom is -0.310 e. The molecule has 0 amide bonds. The fourth-order valence-electron chi connectivity index (χ4n) is 2.47. The maximum Gasteiger partial charge on any atom is 0.158 e. The minimum absolute atomic E-state index is 0.453. The van der Waals surface area contributed by atoms with Gasteiger partial charge in [-0.15, -0.1) is 0 Å². The van der Waals surface area contributed by atoms with Gasteiger partial charge < -0.3 is 5.32 Å². The Morgan fingerprint density at radius 1 is 1.30 bits per heavy atom. The molecule has 0 fully saturated rings. The van der Waals surface area contributed by atoms with Crippen LogP contribution in [-0.2, 0) is 13.0 Å². The lowest BCUT2D eigenvalue weighted by molar-refractivity contribution is 0.584. The van der Waals surface area contributed by atoms with E-state index in [1.54, 1.807) is 0 Å². The summed E-state index contributed by atoms with van der Waals surface area (Å²) in [6, 6.07) is 4.54. The molecule has 108 valence electrons. The van der Waals surface area contributed by atoms with Gasteiger partial charge in [-0.1, -0.05) is 26.8 Å². The zero-order valence-electron chi connectivity index (χ0n) is 13.1. The Labute approximate surface area is 121 Å². The van der Waals surface area contributed by atoms with Gasteiger partial charge in [-0.05, 0) is 31.9 Å². The fraction of sp³-hybridized carbons (Fsp3) is 0.500. The van der Waals surface area contributed by atoms with Crippen LogP contribution in [-0.4, -0.2) is 20.8 Å². The Kier molecular flexibility index (Phi) is 4.55. The summed E-state index contributed by atoms with van der Waals surface area (Å²) in [5, 5.41) is 8.11. The lowest BCUT2D eigenvalue weighted by Gasteiger charge is -2.12. The molecule has 0 unspecified atom stereocenters. The number of aromatic nitrogens is 3. The third-order valence-electron chi connectivity index (χ3n) is 3.56. The number of nitrogens with zero attached hydrogens (tertiary/aromatic N) is 3. The van der Waals surface area contributed by atoms with Crippen molar-refractivity contribution in [2.24, 2.45) is 0 Å². The first-order valence-corrected chi connectivity index (χ1v) is 7.27. The van der Waals surface area contributed by atoms with Crippen LogP contribution in [0.25, 0.3) is 5.82 Å². The molecule has 0 atom stereocenters. The molecule has 1 N–H and O–H groups in total. The largest absolute Gasteiger partial charge is 0.310 e. The quantitative estimate of drug-likeness (QED) is 0.910. The van der Waals surface area contributed by atoms with Crippen LogP contribution in [0.1, 0.15) is 43.3 Å². The van der Waals surface area contributed by atoms with Crippen molar-refractivity contribution in [2.75, 3.05) is 0 Å². The van der Waals surface area contributed by atoms with Crippen LogP contribution in [0.15, 0.2) is 18.3 Å². The molecule has 20 heavy (non-hydrogen) atoms. The third kappa shape index (κ3) is 2.90. The SMILES string of the molecule is CCc1c(C)nn(-c2ncccc2CNC(C)C)c1C. The molecule has 4 nitrogen and oxygen atoms in total. The zero-order valence-corrected chi connectivity index (χ0v) is 13.1. The predicted molar refractivity (Wildman–Crippen MR) is 82.2 cm³/mol. The second kappa shape index (κ2) is 6.18. The molecule has 0 aliphatic heterocycles. The van der Waals surface area contributed by atoms with Crippen LogP contribution >= 0.6 is 0 Å². The first-order valence-electron chi connectivity index (χ1n) is 7.27. The molecule has 0 aliphatic carbocycles. The Morgan fingerprint density at radius 2 is 2.05 bits per heavy atom. The number of hydrogen-bond donors (Lipinski definition) is 1. The molecule has 0 spiro atoms. The topological polar surface area (TPSA) is 42.7 Å². The maximum absolute atomic E-state index is 4.67. The monoisotopic (exact) mass is 272 g/mol. The van der Waals surface area contributed by atoms with Crippen molar-refractivity contribution >= 4 is 0 Å².